The zero-order valence-electron chi connectivity index (χ0n) is 13.3. The highest BCUT2D eigenvalue weighted by Gasteiger charge is 2.05. The minimum absolute atomic E-state index is 0. The Kier molecular flexibility index (Phi) is 6.80. The zero-order valence-corrected chi connectivity index (χ0v) is 14.1. The third kappa shape index (κ3) is 5.82. The summed E-state index contributed by atoms with van der Waals surface area (Å²) in [7, 11) is 0. The zero-order chi connectivity index (χ0) is 16.6. The predicted octanol–water partition coefficient (Wildman–Crippen LogP) is 0.695. The molecule has 0 unspecified atom stereocenters. The van der Waals surface area contributed by atoms with Crippen molar-refractivity contribution in [1.29, 1.82) is 0 Å². The van der Waals surface area contributed by atoms with Crippen molar-refractivity contribution in [3.63, 3.8) is 0 Å². The van der Waals surface area contributed by atoms with Crippen LogP contribution in [0.5, 0.6) is 11.5 Å². The van der Waals surface area contributed by atoms with Crippen LogP contribution < -0.4 is 32.2 Å². The number of halogens is 1. The Morgan fingerprint density at radius 2 is 1.68 bits per heavy atom. The van der Waals surface area contributed by atoms with E-state index in [1.807, 2.05) is 30.6 Å². The van der Waals surface area contributed by atoms with Gasteiger partial charge in [-0.25, -0.2) is 9.78 Å². The number of rotatable bonds is 5. The van der Waals surface area contributed by atoms with E-state index in [1.165, 1.54) is 0 Å². The van der Waals surface area contributed by atoms with Crippen LogP contribution in [0.3, 0.4) is 0 Å². The van der Waals surface area contributed by atoms with Crippen LogP contribution in [0.2, 0.25) is 0 Å². The Labute approximate surface area is 152 Å². The average Bonchev–Trinajstić information content (AvgIpc) is 2.63. The van der Waals surface area contributed by atoms with Crippen molar-refractivity contribution in [2.45, 2.75) is 6.61 Å². The normalized spacial score (nSPS) is 9.60. The van der Waals surface area contributed by atoms with E-state index < -0.39 is 6.09 Å². The van der Waals surface area contributed by atoms with Crippen LogP contribution in [0.1, 0.15) is 5.56 Å². The molecular weight excluding hydrogens is 340 g/mol. The lowest BCUT2D eigenvalue weighted by Gasteiger charge is -2.08. The van der Waals surface area contributed by atoms with E-state index in [0.717, 1.165) is 11.3 Å². The topological polar surface area (TPSA) is 61.7 Å². The number of aromatic amines is 1. The van der Waals surface area contributed by atoms with Crippen LogP contribution in [0, 0.1) is 0 Å². The monoisotopic (exact) mass is 356 g/mol. The summed E-state index contributed by atoms with van der Waals surface area (Å²) < 4.78 is 10.9. The van der Waals surface area contributed by atoms with Crippen molar-refractivity contribution >= 4 is 11.8 Å². The first-order chi connectivity index (χ1) is 11.8. The predicted molar refractivity (Wildman–Crippen MR) is 89.9 cm³/mol. The summed E-state index contributed by atoms with van der Waals surface area (Å²) >= 11 is 0. The van der Waals surface area contributed by atoms with Gasteiger partial charge in [0.1, 0.15) is 18.1 Å². The van der Waals surface area contributed by atoms with Gasteiger partial charge in [0.15, 0.2) is 12.4 Å². The number of pyridine rings is 1. The van der Waals surface area contributed by atoms with Gasteiger partial charge in [-0.3, -0.25) is 5.32 Å². The van der Waals surface area contributed by atoms with Crippen molar-refractivity contribution in [3.8, 4) is 11.5 Å². The molecule has 0 bridgehead atoms. The molecule has 2 N–H and O–H groups in total. The number of carbonyl (C=O) groups excluding carboxylic acids is 1. The van der Waals surface area contributed by atoms with Crippen LogP contribution in [0.4, 0.5) is 10.5 Å². The maximum absolute atomic E-state index is 11.8. The summed E-state index contributed by atoms with van der Waals surface area (Å²) in [6.07, 6.45) is 3.20. The van der Waals surface area contributed by atoms with Crippen LogP contribution in [-0.2, 0) is 6.61 Å². The fraction of sp³-hybridized carbons (Fsp3) is 0.0526. The number of aromatic nitrogens is 1. The highest BCUT2D eigenvalue weighted by atomic mass is 35.5. The molecule has 0 aliphatic heterocycles. The maximum Gasteiger partial charge on any atom is 0.417 e. The maximum atomic E-state index is 11.8. The van der Waals surface area contributed by atoms with Crippen LogP contribution in [0.15, 0.2) is 79.1 Å². The molecule has 3 aromatic rings. The second kappa shape index (κ2) is 9.30. The van der Waals surface area contributed by atoms with E-state index in [9.17, 15) is 4.79 Å². The lowest BCUT2D eigenvalue weighted by molar-refractivity contribution is -0.378. The number of ether oxygens (including phenoxy) is 2. The molecular formula is C19H17ClN2O3. The van der Waals surface area contributed by atoms with Gasteiger partial charge in [-0.1, -0.05) is 18.2 Å². The molecule has 0 spiro atoms. The Balaban J connectivity index is 0.00000225. The molecule has 3 rings (SSSR count). The highest BCUT2D eigenvalue weighted by Crippen LogP contribution is 2.17. The lowest BCUT2D eigenvalue weighted by atomic mass is 10.3. The first-order valence-corrected chi connectivity index (χ1v) is 7.51. The Hall–Kier alpha value is -3.05. The fourth-order valence-corrected chi connectivity index (χ4v) is 2.06. The largest absolute Gasteiger partial charge is 1.00 e. The third-order valence-electron chi connectivity index (χ3n) is 3.23. The highest BCUT2D eigenvalue weighted by molar-refractivity contribution is 5.86. The summed E-state index contributed by atoms with van der Waals surface area (Å²) in [5.74, 6) is 1.22. The molecule has 25 heavy (non-hydrogen) atoms. The molecule has 0 radical (unpaired) electrons. The van der Waals surface area contributed by atoms with Gasteiger partial charge in [0.05, 0.1) is 5.56 Å². The quantitative estimate of drug-likeness (QED) is 0.732. The van der Waals surface area contributed by atoms with E-state index in [1.54, 1.807) is 48.5 Å². The van der Waals surface area contributed by atoms with Gasteiger partial charge >= 0.3 is 6.09 Å². The van der Waals surface area contributed by atoms with Gasteiger partial charge in [-0.15, -0.1) is 0 Å². The number of para-hydroxylation sites is 1. The first-order valence-electron chi connectivity index (χ1n) is 7.51. The molecule has 1 heterocycles. The second-order valence-electron chi connectivity index (χ2n) is 5.05. The molecule has 2 aromatic carbocycles. The number of hydrogen-bond acceptors (Lipinski definition) is 3. The number of hydrogen-bond donors (Lipinski definition) is 1. The number of carbonyl (C=O) groups is 1. The van der Waals surface area contributed by atoms with Crippen molar-refractivity contribution in [3.05, 3.63) is 84.7 Å². The SMILES string of the molecule is O=C(Nc1ccc(OCc2ccc[nH+]c2)cc1)Oc1ccccc1.[Cl-]. The van der Waals surface area contributed by atoms with Gasteiger partial charge in [0.2, 0.25) is 0 Å². The molecule has 1 aromatic heterocycles. The number of benzene rings is 2. The molecule has 0 atom stereocenters. The number of amides is 1. The molecule has 0 aliphatic rings. The minimum Gasteiger partial charge on any atom is -1.00 e. The summed E-state index contributed by atoms with van der Waals surface area (Å²) in [6.45, 7) is 0.472. The Morgan fingerprint density at radius 3 is 2.36 bits per heavy atom. The number of anilines is 1. The molecule has 0 saturated heterocycles. The van der Waals surface area contributed by atoms with Gasteiger partial charge in [-0.05, 0) is 42.5 Å². The second-order valence-corrected chi connectivity index (χ2v) is 5.05. The summed E-state index contributed by atoms with van der Waals surface area (Å²) in [4.78, 5) is 14.8. The van der Waals surface area contributed by atoms with E-state index in [-0.39, 0.29) is 12.4 Å². The summed E-state index contributed by atoms with van der Waals surface area (Å²) in [5, 5.41) is 2.67. The van der Waals surface area contributed by atoms with Crippen LogP contribution in [0.25, 0.3) is 0 Å². The summed E-state index contributed by atoms with van der Waals surface area (Å²) in [6, 6.07) is 19.9. The molecule has 0 aliphatic carbocycles. The molecule has 128 valence electrons. The molecule has 0 fully saturated rings. The minimum atomic E-state index is -0.533. The van der Waals surface area contributed by atoms with Gasteiger partial charge in [0.25, 0.3) is 0 Å². The molecule has 5 nitrogen and oxygen atoms in total. The van der Waals surface area contributed by atoms with Crippen molar-refractivity contribution in [2.24, 2.45) is 0 Å². The average molecular weight is 357 g/mol. The smallest absolute Gasteiger partial charge is 0.417 e. The van der Waals surface area contributed by atoms with Crippen LogP contribution >= 0.6 is 0 Å². The number of nitrogens with one attached hydrogen (secondary N) is 2. The Bertz CT molecular complexity index is 781. The van der Waals surface area contributed by atoms with Gasteiger partial charge < -0.3 is 21.9 Å². The number of H-pyrrole nitrogens is 1. The van der Waals surface area contributed by atoms with Crippen molar-refractivity contribution in [2.75, 3.05) is 5.32 Å². The molecule has 0 saturated carbocycles. The van der Waals surface area contributed by atoms with E-state index in [4.69, 9.17) is 9.47 Å². The lowest BCUT2D eigenvalue weighted by Crippen LogP contribution is -3.00. The fourth-order valence-electron chi connectivity index (χ4n) is 2.06. The van der Waals surface area contributed by atoms with Crippen molar-refractivity contribution < 1.29 is 31.7 Å². The van der Waals surface area contributed by atoms with Gasteiger partial charge in [0, 0.05) is 11.8 Å². The summed E-state index contributed by atoms with van der Waals surface area (Å²) in [5.41, 5.74) is 1.68. The Morgan fingerprint density at radius 1 is 0.920 bits per heavy atom. The third-order valence-corrected chi connectivity index (χ3v) is 3.23. The molecule has 6 heteroatoms. The molecule has 1 amide bonds. The van der Waals surface area contributed by atoms with Crippen LogP contribution in [-0.4, -0.2) is 6.09 Å². The van der Waals surface area contributed by atoms with E-state index in [0.29, 0.717) is 18.0 Å². The standard InChI is InChI=1S/C19H16N2O3.ClH/c22-19(24-18-6-2-1-3-7-18)21-16-8-10-17(11-9-16)23-14-15-5-4-12-20-13-15;/h1-13H,14H2,(H,21,22);1H. The van der Waals surface area contributed by atoms with E-state index >= 15 is 0 Å². The van der Waals surface area contributed by atoms with E-state index in [2.05, 4.69) is 10.3 Å². The first kappa shape index (κ1) is 18.3. The van der Waals surface area contributed by atoms with Gasteiger partial charge in [-0.2, -0.15) is 0 Å². The van der Waals surface area contributed by atoms with Crippen molar-refractivity contribution in [1.82, 2.24) is 0 Å².